The van der Waals surface area contributed by atoms with Crippen molar-refractivity contribution in [3.8, 4) is 0 Å². The number of carbonyl (C=O) groups excluding carboxylic acids is 5. The molecular weight excluding hydrogens is 851 g/mol. The van der Waals surface area contributed by atoms with Crippen LogP contribution >= 0.6 is 11.8 Å². The van der Waals surface area contributed by atoms with E-state index in [-0.39, 0.29) is 60.1 Å². The molecule has 1 saturated carbocycles. The number of rotatable bonds is 6. The van der Waals surface area contributed by atoms with Gasteiger partial charge in [-0.05, 0) is 114 Å². The van der Waals surface area contributed by atoms with Crippen LogP contribution in [0.2, 0.25) is 0 Å². The molecule has 13 nitrogen and oxygen atoms in total. The molecule has 3 fully saturated rings. The number of carbonyl (C=O) groups is 5. The lowest BCUT2D eigenvalue weighted by Gasteiger charge is -2.42. The average Bonchev–Trinajstić information content (AvgIpc) is 3.28. The summed E-state index contributed by atoms with van der Waals surface area (Å²) < 4.78 is 23.6. The van der Waals surface area contributed by atoms with Crippen molar-refractivity contribution in [2.24, 2.45) is 35.5 Å². The van der Waals surface area contributed by atoms with E-state index in [9.17, 15) is 39.3 Å². The van der Waals surface area contributed by atoms with Gasteiger partial charge >= 0.3 is 5.97 Å². The van der Waals surface area contributed by atoms with Crippen LogP contribution in [0, 0.1) is 35.5 Å². The number of Topliss-reactive ketones (excluding diaryl/α,β-unsaturated/α-hetero) is 3. The molecule has 1 amide bonds. The molecule has 65 heavy (non-hydrogen) atoms. The molecule has 3 aliphatic heterocycles. The van der Waals surface area contributed by atoms with E-state index in [1.165, 1.54) is 12.0 Å². The molecule has 0 spiro atoms. The van der Waals surface area contributed by atoms with Gasteiger partial charge in [0.2, 0.25) is 5.79 Å². The number of thioether (sulfide) groups is 1. The predicted octanol–water partition coefficient (Wildman–Crippen LogP) is 6.90. The quantitative estimate of drug-likeness (QED) is 0.142. The van der Waals surface area contributed by atoms with Crippen molar-refractivity contribution >= 4 is 41.0 Å². The molecule has 3 heterocycles. The van der Waals surface area contributed by atoms with Gasteiger partial charge in [-0.25, -0.2) is 4.79 Å². The Morgan fingerprint density at radius 1 is 0.892 bits per heavy atom. The predicted molar refractivity (Wildman–Crippen MR) is 252 cm³/mol. The van der Waals surface area contributed by atoms with E-state index in [2.05, 4.69) is 0 Å². The number of nitrogens with zero attached hydrogens (tertiary/aromatic N) is 1. The van der Waals surface area contributed by atoms with Crippen molar-refractivity contribution in [3.63, 3.8) is 0 Å². The normalized spacial score (nSPS) is 40.4. The van der Waals surface area contributed by atoms with E-state index in [1.54, 1.807) is 45.7 Å². The Morgan fingerprint density at radius 3 is 2.29 bits per heavy atom. The van der Waals surface area contributed by atoms with E-state index in [0.29, 0.717) is 63.4 Å². The molecule has 15 atom stereocenters. The average molecular weight is 930 g/mol. The van der Waals surface area contributed by atoms with Crippen LogP contribution in [0.5, 0.6) is 0 Å². The summed E-state index contributed by atoms with van der Waals surface area (Å²) in [4.78, 5) is 71.9. The van der Waals surface area contributed by atoms with Gasteiger partial charge in [-0.2, -0.15) is 11.8 Å². The SMILES string of the molecule is CO[C@@H]1C[C@@H](C[C@@H](C)[C@@H]2CC(=O)[C@H](C)/C=C(\C)[C@@H](O)[C@@H](OC)C(=O)[C@H](C)C[C@H](C)/C=C/C=C/C=C(\C)[C@@H](SC)C[C@@H]3CC[C@@H](C)[C@@](O)(O3)C(=O)C(=O)N3CCCC[C@H]3C(=O)O2)CC[C@H]1O. The Bertz CT molecular complexity index is 1760. The number of ketones is 3. The third kappa shape index (κ3) is 14.5. The van der Waals surface area contributed by atoms with Gasteiger partial charge < -0.3 is 39.2 Å². The van der Waals surface area contributed by atoms with E-state index >= 15 is 0 Å². The topological polar surface area (TPSA) is 186 Å². The summed E-state index contributed by atoms with van der Waals surface area (Å²) in [6, 6.07) is -1.12. The minimum absolute atomic E-state index is 0.000885. The highest BCUT2D eigenvalue weighted by Crippen LogP contribution is 2.38. The van der Waals surface area contributed by atoms with Crippen LogP contribution in [0.1, 0.15) is 126 Å². The molecule has 4 rings (SSSR count). The molecule has 0 aromatic rings. The standard InChI is InChI=1S/C51H79NO12S/c1-30-16-12-11-13-17-31(2)44(65-10)28-38-21-19-36(7)51(60,64-38)48(57)49(58)52-23-15-14-18-39(52)50(59)63-42(33(4)26-37-20-22-40(53)43(27-37)61-8)29-41(54)32(3)25-35(6)46(56)47(62-9)45(55)34(5)24-30/h11-13,16-17,25,30,32-34,36-40,42-44,46-47,53,56,60H,14-15,18-24,26-29H2,1-10H3/b13-11+,16-12+,31-17+,35-25+/t30-,32-,33-,34-,36-,37-,38+,39+,40-,42+,43-,44+,46-,47+,51-/m1/s1. The molecular formula is C51H79NO12S. The number of fused-ring (bicyclic) bond motifs is 3. The molecule has 366 valence electrons. The number of allylic oxidation sites excluding steroid dienone is 6. The first-order valence-corrected chi connectivity index (χ1v) is 25.2. The van der Waals surface area contributed by atoms with Crippen molar-refractivity contribution in [1.82, 2.24) is 4.90 Å². The Hall–Kier alpha value is -2.98. The van der Waals surface area contributed by atoms with Crippen LogP contribution in [0.25, 0.3) is 0 Å². The zero-order valence-corrected chi connectivity index (χ0v) is 41.4. The van der Waals surface area contributed by atoms with Gasteiger partial charge in [-0.1, -0.05) is 76.6 Å². The summed E-state index contributed by atoms with van der Waals surface area (Å²) in [6.07, 6.45) is 14.4. The fraction of sp³-hybridized carbons (Fsp3) is 0.745. The highest BCUT2D eigenvalue weighted by molar-refractivity contribution is 7.99. The maximum absolute atomic E-state index is 14.4. The van der Waals surface area contributed by atoms with E-state index in [0.717, 1.165) is 12.0 Å². The fourth-order valence-electron chi connectivity index (χ4n) is 10.1. The molecule has 2 bridgehead atoms. The van der Waals surface area contributed by atoms with E-state index in [1.807, 2.05) is 64.3 Å². The van der Waals surface area contributed by atoms with Crippen LogP contribution in [-0.2, 0) is 42.9 Å². The number of esters is 1. The number of methoxy groups -OCH3 is 2. The summed E-state index contributed by atoms with van der Waals surface area (Å²) in [7, 11) is 2.96. The minimum atomic E-state index is -2.38. The maximum Gasteiger partial charge on any atom is 0.329 e. The Morgan fingerprint density at radius 2 is 1.62 bits per heavy atom. The summed E-state index contributed by atoms with van der Waals surface area (Å²) in [6.45, 7) is 12.9. The van der Waals surface area contributed by atoms with Crippen LogP contribution in [-0.4, -0.2) is 130 Å². The number of hydrogen-bond donors (Lipinski definition) is 3. The van der Waals surface area contributed by atoms with Crippen LogP contribution in [0.4, 0.5) is 0 Å². The number of ether oxygens (including phenoxy) is 4. The molecule has 0 unspecified atom stereocenters. The molecule has 3 N–H and O–H groups in total. The van der Waals surface area contributed by atoms with Crippen molar-refractivity contribution in [1.29, 1.82) is 0 Å². The van der Waals surface area contributed by atoms with Gasteiger partial charge in [0, 0.05) is 50.2 Å². The molecule has 0 radical (unpaired) electrons. The lowest BCUT2D eigenvalue weighted by Crippen LogP contribution is -2.60. The molecule has 14 heteroatoms. The van der Waals surface area contributed by atoms with Crippen molar-refractivity contribution in [2.75, 3.05) is 27.0 Å². The zero-order chi connectivity index (χ0) is 48.2. The van der Waals surface area contributed by atoms with Crippen LogP contribution in [0.15, 0.2) is 47.6 Å². The van der Waals surface area contributed by atoms with Crippen molar-refractivity contribution in [2.45, 2.75) is 179 Å². The summed E-state index contributed by atoms with van der Waals surface area (Å²) in [5, 5.41) is 33.9. The van der Waals surface area contributed by atoms with Crippen LogP contribution < -0.4 is 0 Å². The van der Waals surface area contributed by atoms with Gasteiger partial charge in [0.1, 0.15) is 30.1 Å². The first kappa shape index (κ1) is 54.6. The zero-order valence-electron chi connectivity index (χ0n) is 40.6. The molecule has 1 aliphatic carbocycles. The smallest absolute Gasteiger partial charge is 0.329 e. The second-order valence-electron chi connectivity index (χ2n) is 19.6. The Balaban J connectivity index is 1.70. The van der Waals surface area contributed by atoms with Crippen LogP contribution in [0.3, 0.4) is 0 Å². The lowest BCUT2D eigenvalue weighted by atomic mass is 9.78. The second kappa shape index (κ2) is 25.4. The summed E-state index contributed by atoms with van der Waals surface area (Å²) in [5.74, 6) is -7.73. The van der Waals surface area contributed by atoms with Crippen molar-refractivity contribution in [3.05, 3.63) is 47.6 Å². The van der Waals surface area contributed by atoms with E-state index < -0.39 is 77.8 Å². The molecule has 0 aromatic heterocycles. The number of aliphatic hydroxyl groups is 3. The summed E-state index contributed by atoms with van der Waals surface area (Å²) in [5.41, 5.74) is 1.46. The number of cyclic esters (lactones) is 1. The first-order chi connectivity index (χ1) is 30.7. The minimum Gasteiger partial charge on any atom is -0.460 e. The summed E-state index contributed by atoms with van der Waals surface area (Å²) >= 11 is 1.63. The van der Waals surface area contributed by atoms with Gasteiger partial charge in [0.15, 0.2) is 5.78 Å². The molecule has 4 aliphatic rings. The van der Waals surface area contributed by atoms with Gasteiger partial charge in [0.05, 0.1) is 18.3 Å². The monoisotopic (exact) mass is 930 g/mol. The number of aliphatic hydroxyl groups excluding tert-OH is 2. The Kier molecular flexibility index (Phi) is 21.3. The third-order valence-electron chi connectivity index (χ3n) is 14.5. The number of amides is 1. The lowest BCUT2D eigenvalue weighted by molar-refractivity contribution is -0.263. The number of hydrogen-bond acceptors (Lipinski definition) is 13. The highest BCUT2D eigenvalue weighted by Gasteiger charge is 2.53. The van der Waals surface area contributed by atoms with E-state index in [4.69, 9.17) is 18.9 Å². The third-order valence-corrected chi connectivity index (χ3v) is 15.6. The van der Waals surface area contributed by atoms with Gasteiger partial charge in [0.25, 0.3) is 11.7 Å². The molecule has 0 aromatic carbocycles. The Labute approximate surface area is 392 Å². The van der Waals surface area contributed by atoms with Gasteiger partial charge in [-0.15, -0.1) is 0 Å². The van der Waals surface area contributed by atoms with Crippen molar-refractivity contribution < 1.29 is 58.2 Å². The maximum atomic E-state index is 14.4. The first-order valence-electron chi connectivity index (χ1n) is 23.9. The van der Waals surface area contributed by atoms with Gasteiger partial charge in [-0.3, -0.25) is 19.2 Å². The molecule has 2 saturated heterocycles. The second-order valence-corrected chi connectivity index (χ2v) is 20.6. The number of piperidine rings is 1. The fourth-order valence-corrected chi connectivity index (χ4v) is 11.0. The highest BCUT2D eigenvalue weighted by atomic mass is 32.2. The largest absolute Gasteiger partial charge is 0.460 e.